The topological polar surface area (TPSA) is 75.9 Å². The fourth-order valence-corrected chi connectivity index (χ4v) is 4.81. The zero-order valence-corrected chi connectivity index (χ0v) is 13.0. The maximum atomic E-state index is 7.64. The van der Waals surface area contributed by atoms with E-state index in [-0.39, 0.29) is 15.3 Å². The first-order chi connectivity index (χ1) is 10.2. The largest absolute Gasteiger partial charge is 0.436 e. The number of rotatable bonds is 4. The van der Waals surface area contributed by atoms with Gasteiger partial charge in [-0.1, -0.05) is 30.3 Å². The van der Waals surface area contributed by atoms with Crippen LogP contribution in [-0.2, 0) is 0 Å². The van der Waals surface area contributed by atoms with Gasteiger partial charge in [-0.2, -0.15) is 0 Å². The van der Waals surface area contributed by atoms with Crippen molar-refractivity contribution in [2.45, 2.75) is 0 Å². The van der Waals surface area contributed by atoms with Crippen molar-refractivity contribution in [2.75, 3.05) is 6.26 Å². The molecule has 0 fully saturated rings. The molecule has 6 heteroatoms. The van der Waals surface area contributed by atoms with Crippen LogP contribution >= 0.6 is 20.3 Å². The SMILES string of the molecule is CS[s+]1cc(-c2ncc(-c3ccccc3)o2)cc1C(=N)N. The van der Waals surface area contributed by atoms with E-state index in [4.69, 9.17) is 15.6 Å². The predicted octanol–water partition coefficient (Wildman–Crippen LogP) is 4.17. The van der Waals surface area contributed by atoms with Crippen molar-refractivity contribution in [1.82, 2.24) is 4.98 Å². The third-order valence-corrected chi connectivity index (χ3v) is 6.50. The summed E-state index contributed by atoms with van der Waals surface area (Å²) < 4.78 is 5.83. The standard InChI is InChI=1S/C15H14N3OS2/c1-20-21-9-11(7-13(21)14(16)17)15-18-8-12(19-15)10-5-3-2-4-6-10/h2-9H,1H3,(H3,16,17)/q+1. The average molecular weight is 316 g/mol. The van der Waals surface area contributed by atoms with Crippen molar-refractivity contribution in [3.8, 4) is 22.8 Å². The molecule has 0 saturated carbocycles. The van der Waals surface area contributed by atoms with Crippen LogP contribution in [0.3, 0.4) is 0 Å². The highest BCUT2D eigenvalue weighted by Crippen LogP contribution is 2.40. The molecule has 0 bridgehead atoms. The number of nitrogens with one attached hydrogen (secondary N) is 1. The quantitative estimate of drug-likeness (QED) is 0.328. The van der Waals surface area contributed by atoms with E-state index in [0.717, 1.165) is 21.8 Å². The second-order valence-electron chi connectivity index (χ2n) is 4.36. The van der Waals surface area contributed by atoms with Gasteiger partial charge in [-0.3, -0.25) is 5.41 Å². The molecule has 106 valence electrons. The number of nitrogens with zero attached hydrogens (tertiary/aromatic N) is 1. The van der Waals surface area contributed by atoms with Crippen LogP contribution in [0.25, 0.3) is 22.8 Å². The fraction of sp³-hybridized carbons (Fsp3) is 0.0667. The Hall–Kier alpha value is -2.05. The van der Waals surface area contributed by atoms with Crippen molar-refractivity contribution in [3.05, 3.63) is 52.9 Å². The first-order valence-corrected chi connectivity index (χ1v) is 9.29. The van der Waals surface area contributed by atoms with E-state index in [1.54, 1.807) is 17.0 Å². The summed E-state index contributed by atoms with van der Waals surface area (Å²) in [4.78, 5) is 5.17. The Labute approximate surface area is 128 Å². The Bertz CT molecular complexity index is 777. The summed E-state index contributed by atoms with van der Waals surface area (Å²) in [5.74, 6) is 1.41. The average Bonchev–Trinajstić information content (AvgIpc) is 3.14. The van der Waals surface area contributed by atoms with E-state index >= 15 is 0 Å². The lowest BCUT2D eigenvalue weighted by atomic mass is 10.2. The van der Waals surface area contributed by atoms with E-state index in [0.29, 0.717) is 5.89 Å². The molecule has 1 atom stereocenters. The minimum atomic E-state index is -0.202. The molecule has 0 amide bonds. The van der Waals surface area contributed by atoms with Crippen LogP contribution in [0.4, 0.5) is 0 Å². The molecule has 1 unspecified atom stereocenters. The number of hydrogen-bond acceptors (Lipinski definition) is 4. The zero-order valence-electron chi connectivity index (χ0n) is 11.4. The molecule has 0 aliphatic rings. The zero-order chi connectivity index (χ0) is 14.8. The minimum absolute atomic E-state index is 0.105. The molecule has 2 aromatic heterocycles. The van der Waals surface area contributed by atoms with Crippen molar-refractivity contribution < 1.29 is 4.42 Å². The van der Waals surface area contributed by atoms with Crippen LogP contribution in [-0.4, -0.2) is 17.1 Å². The molecule has 4 nitrogen and oxygen atoms in total. The summed E-state index contributed by atoms with van der Waals surface area (Å²) in [7, 11) is 1.46. The lowest BCUT2D eigenvalue weighted by Gasteiger charge is -1.93. The molecule has 1 aromatic carbocycles. The van der Waals surface area contributed by atoms with Gasteiger partial charge in [-0.15, -0.1) is 0 Å². The Balaban J connectivity index is 1.99. The maximum Gasteiger partial charge on any atom is 0.231 e. The molecule has 3 aromatic rings. The van der Waals surface area contributed by atoms with Crippen LogP contribution in [0.1, 0.15) is 4.88 Å². The summed E-state index contributed by atoms with van der Waals surface area (Å²) in [6, 6.07) is 11.7. The van der Waals surface area contributed by atoms with Gasteiger partial charge in [0.15, 0.2) is 17.0 Å². The molecular formula is C15H14N3OS2+. The molecule has 2 heterocycles. The summed E-state index contributed by atoms with van der Waals surface area (Å²) in [5.41, 5.74) is 7.51. The fourth-order valence-electron chi connectivity index (χ4n) is 1.99. The Morgan fingerprint density at radius 3 is 2.67 bits per heavy atom. The van der Waals surface area contributed by atoms with Gasteiger partial charge < -0.3 is 10.2 Å². The van der Waals surface area contributed by atoms with E-state index in [1.165, 1.54) is 0 Å². The van der Waals surface area contributed by atoms with Gasteiger partial charge in [-0.05, 0) is 0 Å². The highest BCUT2D eigenvalue weighted by atomic mass is 33.1. The number of nitrogen functional groups attached to an aromatic ring is 1. The van der Waals surface area contributed by atoms with Crippen LogP contribution < -0.4 is 5.73 Å². The Kier molecular flexibility index (Phi) is 3.81. The van der Waals surface area contributed by atoms with Crippen LogP contribution in [0.15, 0.2) is 52.4 Å². The van der Waals surface area contributed by atoms with Crippen LogP contribution in [0, 0.1) is 5.41 Å². The summed E-state index contributed by atoms with van der Waals surface area (Å²) in [5, 5.41) is 9.69. The molecule has 0 radical (unpaired) electrons. The van der Waals surface area contributed by atoms with Gasteiger partial charge in [0, 0.05) is 17.9 Å². The van der Waals surface area contributed by atoms with Gasteiger partial charge in [0.2, 0.25) is 10.8 Å². The molecule has 3 N–H and O–H groups in total. The number of nitrogens with two attached hydrogens (primary N) is 1. The second-order valence-corrected chi connectivity index (χ2v) is 8.04. The number of benzene rings is 1. The first-order valence-electron chi connectivity index (χ1n) is 6.26. The number of amidine groups is 1. The lowest BCUT2D eigenvalue weighted by molar-refractivity contribution is 0.589. The molecular weight excluding hydrogens is 302 g/mol. The van der Waals surface area contributed by atoms with Gasteiger partial charge in [0.25, 0.3) is 0 Å². The molecule has 21 heavy (non-hydrogen) atoms. The van der Waals surface area contributed by atoms with Crippen LogP contribution in [0.5, 0.6) is 0 Å². The molecule has 0 aliphatic carbocycles. The highest BCUT2D eigenvalue weighted by Gasteiger charge is 2.23. The second kappa shape index (κ2) is 5.75. The van der Waals surface area contributed by atoms with Crippen LogP contribution in [0.2, 0.25) is 0 Å². The Morgan fingerprint density at radius 2 is 2.05 bits per heavy atom. The number of aromatic nitrogens is 1. The van der Waals surface area contributed by atoms with Gasteiger partial charge in [0.05, 0.1) is 21.3 Å². The minimum Gasteiger partial charge on any atom is -0.436 e. The van der Waals surface area contributed by atoms with E-state index < -0.39 is 0 Å². The summed E-state index contributed by atoms with van der Waals surface area (Å²) >= 11 is 0. The monoisotopic (exact) mass is 316 g/mol. The van der Waals surface area contributed by atoms with Crippen molar-refractivity contribution >= 4 is 26.1 Å². The van der Waals surface area contributed by atoms with E-state index in [1.807, 2.05) is 42.7 Å². The van der Waals surface area contributed by atoms with Crippen molar-refractivity contribution in [3.63, 3.8) is 0 Å². The third-order valence-electron chi connectivity index (χ3n) is 2.99. The van der Waals surface area contributed by atoms with E-state index in [9.17, 15) is 0 Å². The van der Waals surface area contributed by atoms with E-state index in [2.05, 4.69) is 10.4 Å². The number of hydrogen-bond donors (Lipinski definition) is 2. The van der Waals surface area contributed by atoms with Crippen molar-refractivity contribution in [2.24, 2.45) is 5.73 Å². The maximum absolute atomic E-state index is 7.64. The third kappa shape index (κ3) is 2.72. The Morgan fingerprint density at radius 1 is 1.29 bits per heavy atom. The van der Waals surface area contributed by atoms with Gasteiger partial charge in [-0.25, -0.2) is 4.98 Å². The number of oxazole rings is 1. The van der Waals surface area contributed by atoms with Gasteiger partial charge >= 0.3 is 0 Å². The molecule has 0 spiro atoms. The molecule has 0 aliphatic heterocycles. The first kappa shape index (κ1) is 13.9. The van der Waals surface area contributed by atoms with Crippen molar-refractivity contribution in [1.29, 1.82) is 5.41 Å². The predicted molar refractivity (Wildman–Crippen MR) is 89.8 cm³/mol. The summed E-state index contributed by atoms with van der Waals surface area (Å²) in [6.07, 6.45) is 3.73. The number of thiophene rings is 1. The lowest BCUT2D eigenvalue weighted by Crippen LogP contribution is -2.09. The highest BCUT2D eigenvalue weighted by molar-refractivity contribution is 8.45. The molecule has 0 saturated heterocycles. The smallest absolute Gasteiger partial charge is 0.231 e. The summed E-state index contributed by atoms with van der Waals surface area (Å²) in [6.45, 7) is 0. The normalized spacial score (nSPS) is 11.6. The molecule has 3 rings (SSSR count). The van der Waals surface area contributed by atoms with Gasteiger partial charge in [0.1, 0.15) is 10.8 Å².